The topological polar surface area (TPSA) is 84.5 Å². The lowest BCUT2D eigenvalue weighted by Crippen LogP contribution is -2.27. The third kappa shape index (κ3) is 5.81. The van der Waals surface area contributed by atoms with E-state index in [1.54, 1.807) is 19.1 Å². The molecule has 0 fully saturated rings. The van der Waals surface area contributed by atoms with Gasteiger partial charge in [-0.2, -0.15) is 0 Å². The lowest BCUT2D eigenvalue weighted by Gasteiger charge is -2.14. The molecule has 2 aromatic carbocycles. The summed E-state index contributed by atoms with van der Waals surface area (Å²) in [4.78, 5) is 12.4. The van der Waals surface area contributed by atoms with E-state index in [0.29, 0.717) is 17.9 Å². The first-order valence-corrected chi connectivity index (χ1v) is 10.7. The highest BCUT2D eigenvalue weighted by Crippen LogP contribution is 2.23. The molecule has 2 rings (SSSR count). The van der Waals surface area contributed by atoms with Gasteiger partial charge < -0.3 is 10.1 Å². The first-order chi connectivity index (χ1) is 13.1. The second-order valence-electron chi connectivity index (χ2n) is 7.28. The fourth-order valence-electron chi connectivity index (χ4n) is 2.64. The molecule has 0 aromatic heterocycles. The van der Waals surface area contributed by atoms with E-state index in [2.05, 4.69) is 10.0 Å². The summed E-state index contributed by atoms with van der Waals surface area (Å²) < 4.78 is 32.8. The van der Waals surface area contributed by atoms with Crippen molar-refractivity contribution in [2.24, 2.45) is 5.92 Å². The van der Waals surface area contributed by atoms with Gasteiger partial charge in [-0.05, 0) is 61.6 Å². The van der Waals surface area contributed by atoms with Gasteiger partial charge in [0.2, 0.25) is 10.0 Å². The predicted molar refractivity (Wildman–Crippen MR) is 111 cm³/mol. The maximum absolute atomic E-state index is 12.3. The highest BCUT2D eigenvalue weighted by atomic mass is 32.2. The Morgan fingerprint density at radius 1 is 1.04 bits per heavy atom. The van der Waals surface area contributed by atoms with Crippen molar-refractivity contribution in [3.05, 3.63) is 53.1 Å². The average molecular weight is 405 g/mol. The normalized spacial score (nSPS) is 11.5. The number of hydrogen-bond acceptors (Lipinski definition) is 4. The van der Waals surface area contributed by atoms with E-state index in [0.717, 1.165) is 16.8 Å². The second-order valence-corrected chi connectivity index (χ2v) is 9.04. The number of benzene rings is 2. The molecule has 0 spiro atoms. The Morgan fingerprint density at radius 2 is 1.68 bits per heavy atom. The van der Waals surface area contributed by atoms with E-state index in [1.807, 2.05) is 45.9 Å². The fourth-order valence-corrected chi connectivity index (χ4v) is 3.94. The standard InChI is InChI=1S/C21H28N2O4S/c1-14(2)12-22-28(25,26)18-9-10-19(17(5)11-18)27-13-20(24)23-21-15(3)7-6-8-16(21)4/h6-11,14,22H,12-13H2,1-5H3,(H,23,24). The van der Waals surface area contributed by atoms with Crippen LogP contribution in [-0.4, -0.2) is 27.5 Å². The molecule has 1 amide bonds. The van der Waals surface area contributed by atoms with Gasteiger partial charge in [0.15, 0.2) is 6.61 Å². The molecule has 0 bridgehead atoms. The van der Waals surface area contributed by atoms with Crippen LogP contribution in [0.25, 0.3) is 0 Å². The van der Waals surface area contributed by atoms with Crippen LogP contribution >= 0.6 is 0 Å². The van der Waals surface area contributed by atoms with Gasteiger partial charge in [-0.15, -0.1) is 0 Å². The Bertz CT molecular complexity index is 933. The van der Waals surface area contributed by atoms with Gasteiger partial charge in [0.1, 0.15) is 5.75 Å². The molecular formula is C21H28N2O4S. The van der Waals surface area contributed by atoms with Crippen LogP contribution < -0.4 is 14.8 Å². The molecule has 0 saturated carbocycles. The van der Waals surface area contributed by atoms with Crippen molar-refractivity contribution in [2.75, 3.05) is 18.5 Å². The number of amides is 1. The Labute approximate surface area is 167 Å². The summed E-state index contributed by atoms with van der Waals surface area (Å²) in [6.07, 6.45) is 0. The summed E-state index contributed by atoms with van der Waals surface area (Å²) >= 11 is 0. The van der Waals surface area contributed by atoms with Crippen molar-refractivity contribution in [1.82, 2.24) is 4.72 Å². The molecule has 0 aliphatic heterocycles. The third-order valence-electron chi connectivity index (χ3n) is 4.24. The number of carbonyl (C=O) groups excluding carboxylic acids is 1. The molecule has 152 valence electrons. The molecular weight excluding hydrogens is 376 g/mol. The van der Waals surface area contributed by atoms with Crippen LogP contribution in [-0.2, 0) is 14.8 Å². The van der Waals surface area contributed by atoms with Crippen molar-refractivity contribution >= 4 is 21.6 Å². The maximum atomic E-state index is 12.3. The van der Waals surface area contributed by atoms with E-state index in [4.69, 9.17) is 4.74 Å². The number of aryl methyl sites for hydroxylation is 3. The van der Waals surface area contributed by atoms with E-state index < -0.39 is 10.0 Å². The molecule has 28 heavy (non-hydrogen) atoms. The van der Waals surface area contributed by atoms with Gasteiger partial charge in [-0.1, -0.05) is 32.0 Å². The Morgan fingerprint density at radius 3 is 2.25 bits per heavy atom. The Balaban J connectivity index is 2.02. The molecule has 0 aliphatic carbocycles. The maximum Gasteiger partial charge on any atom is 0.262 e. The Kier molecular flexibility index (Phi) is 7.21. The van der Waals surface area contributed by atoms with Crippen molar-refractivity contribution in [1.29, 1.82) is 0 Å². The van der Waals surface area contributed by atoms with E-state index >= 15 is 0 Å². The average Bonchev–Trinajstić information content (AvgIpc) is 2.62. The molecule has 7 heteroatoms. The first-order valence-electron chi connectivity index (χ1n) is 9.19. The number of rotatable bonds is 8. The number of carbonyl (C=O) groups is 1. The summed E-state index contributed by atoms with van der Waals surface area (Å²) in [6.45, 7) is 9.70. The van der Waals surface area contributed by atoms with Crippen molar-refractivity contribution in [2.45, 2.75) is 39.5 Å². The largest absolute Gasteiger partial charge is 0.483 e. The molecule has 2 N–H and O–H groups in total. The Hall–Kier alpha value is -2.38. The first kappa shape index (κ1) is 21.9. The third-order valence-corrected chi connectivity index (χ3v) is 5.66. The number of nitrogens with one attached hydrogen (secondary N) is 2. The van der Waals surface area contributed by atoms with Gasteiger partial charge in [-0.3, -0.25) is 4.79 Å². The summed E-state index contributed by atoms with van der Waals surface area (Å²) in [7, 11) is -3.56. The van der Waals surface area contributed by atoms with Crippen LogP contribution in [0.4, 0.5) is 5.69 Å². The fraction of sp³-hybridized carbons (Fsp3) is 0.381. The van der Waals surface area contributed by atoms with Crippen LogP contribution in [0.15, 0.2) is 41.3 Å². The highest BCUT2D eigenvalue weighted by molar-refractivity contribution is 7.89. The number of para-hydroxylation sites is 1. The molecule has 0 unspecified atom stereocenters. The van der Waals surface area contributed by atoms with Crippen LogP contribution in [0.3, 0.4) is 0 Å². The predicted octanol–water partition coefficient (Wildman–Crippen LogP) is 3.56. The summed E-state index contributed by atoms with van der Waals surface area (Å²) in [6, 6.07) is 10.4. The highest BCUT2D eigenvalue weighted by Gasteiger charge is 2.16. The number of anilines is 1. The van der Waals surface area contributed by atoms with Crippen LogP contribution in [0.2, 0.25) is 0 Å². The van der Waals surface area contributed by atoms with E-state index in [9.17, 15) is 13.2 Å². The van der Waals surface area contributed by atoms with Crippen molar-refractivity contribution < 1.29 is 17.9 Å². The van der Waals surface area contributed by atoms with Crippen LogP contribution in [0.5, 0.6) is 5.75 Å². The zero-order chi connectivity index (χ0) is 20.9. The van der Waals surface area contributed by atoms with Gasteiger partial charge >= 0.3 is 0 Å². The lowest BCUT2D eigenvalue weighted by atomic mass is 10.1. The van der Waals surface area contributed by atoms with Gasteiger partial charge in [0.05, 0.1) is 4.90 Å². The quantitative estimate of drug-likeness (QED) is 0.704. The lowest BCUT2D eigenvalue weighted by molar-refractivity contribution is -0.118. The van der Waals surface area contributed by atoms with Crippen molar-refractivity contribution in [3.63, 3.8) is 0 Å². The zero-order valence-corrected chi connectivity index (χ0v) is 17.8. The number of hydrogen-bond donors (Lipinski definition) is 2. The smallest absolute Gasteiger partial charge is 0.262 e. The number of sulfonamides is 1. The monoisotopic (exact) mass is 404 g/mol. The summed E-state index contributed by atoms with van der Waals surface area (Å²) in [5.74, 6) is 0.417. The summed E-state index contributed by atoms with van der Waals surface area (Å²) in [5, 5.41) is 2.86. The SMILES string of the molecule is Cc1cc(S(=O)(=O)NCC(C)C)ccc1OCC(=O)Nc1c(C)cccc1C. The second kappa shape index (κ2) is 9.21. The van der Waals surface area contributed by atoms with Gasteiger partial charge in [0.25, 0.3) is 5.91 Å². The van der Waals surface area contributed by atoms with E-state index in [-0.39, 0.29) is 23.3 Å². The van der Waals surface area contributed by atoms with Gasteiger partial charge in [0, 0.05) is 12.2 Å². The van der Waals surface area contributed by atoms with Crippen LogP contribution in [0.1, 0.15) is 30.5 Å². The molecule has 0 saturated heterocycles. The molecule has 6 nitrogen and oxygen atoms in total. The molecule has 0 heterocycles. The van der Waals surface area contributed by atoms with Crippen LogP contribution in [0, 0.1) is 26.7 Å². The minimum Gasteiger partial charge on any atom is -0.483 e. The van der Waals surface area contributed by atoms with Gasteiger partial charge in [-0.25, -0.2) is 13.1 Å². The minimum atomic E-state index is -3.56. The van der Waals surface area contributed by atoms with E-state index in [1.165, 1.54) is 6.07 Å². The molecule has 2 aromatic rings. The van der Waals surface area contributed by atoms with Crippen molar-refractivity contribution in [3.8, 4) is 5.75 Å². The molecule has 0 radical (unpaired) electrons. The zero-order valence-electron chi connectivity index (χ0n) is 17.0. The molecule has 0 atom stereocenters. The minimum absolute atomic E-state index is 0.160. The molecule has 0 aliphatic rings. The summed E-state index contributed by atoms with van der Waals surface area (Å²) in [5.41, 5.74) is 3.39. The number of ether oxygens (including phenoxy) is 1.